The molecule has 1 aliphatic rings. The number of aromatic nitrogens is 2. The fourth-order valence-electron chi connectivity index (χ4n) is 3.42. The molecule has 0 radical (unpaired) electrons. The number of hydrogen-bond acceptors (Lipinski definition) is 5. The van der Waals surface area contributed by atoms with Crippen LogP contribution in [0.2, 0.25) is 0 Å². The molecule has 1 aliphatic heterocycles. The van der Waals surface area contributed by atoms with Crippen LogP contribution >= 0.6 is 0 Å². The van der Waals surface area contributed by atoms with Gasteiger partial charge in [0.25, 0.3) is 0 Å². The van der Waals surface area contributed by atoms with Gasteiger partial charge in [0.2, 0.25) is 0 Å². The summed E-state index contributed by atoms with van der Waals surface area (Å²) in [6.07, 6.45) is 1.49. The first-order valence-corrected chi connectivity index (χ1v) is 9.69. The highest BCUT2D eigenvalue weighted by molar-refractivity contribution is 5.99. The smallest absolute Gasteiger partial charge is 0.324 e. The number of nitrogens with one attached hydrogen (secondary N) is 2. The summed E-state index contributed by atoms with van der Waals surface area (Å²) in [4.78, 5) is 25.4. The molecule has 7 heteroatoms. The number of hydrogen-bond donors (Lipinski definition) is 2. The van der Waals surface area contributed by atoms with E-state index in [-0.39, 0.29) is 6.03 Å². The molecule has 0 bridgehead atoms. The Kier molecular flexibility index (Phi) is 5.56. The molecular formula is C22H24N6O. The second-order valence-corrected chi connectivity index (χ2v) is 7.02. The SMILES string of the molecule is Cc1cccc(NC(=O)Nc2cc(N3CCN(c4ccccc4)CC3)ncn2)c1. The quantitative estimate of drug-likeness (QED) is 0.712. The Balaban J connectivity index is 1.36. The summed E-state index contributed by atoms with van der Waals surface area (Å²) in [7, 11) is 0. The van der Waals surface area contributed by atoms with Crippen LogP contribution in [-0.4, -0.2) is 42.2 Å². The Labute approximate surface area is 170 Å². The van der Waals surface area contributed by atoms with Crippen LogP contribution in [0, 0.1) is 6.92 Å². The number of anilines is 4. The van der Waals surface area contributed by atoms with Gasteiger partial charge in [0.1, 0.15) is 18.0 Å². The molecule has 7 nitrogen and oxygen atoms in total. The Bertz CT molecular complexity index is 970. The zero-order valence-electron chi connectivity index (χ0n) is 16.4. The maximum atomic E-state index is 12.3. The second-order valence-electron chi connectivity index (χ2n) is 7.02. The van der Waals surface area contributed by atoms with E-state index in [1.54, 1.807) is 0 Å². The molecule has 29 heavy (non-hydrogen) atoms. The minimum absolute atomic E-state index is 0.325. The highest BCUT2D eigenvalue weighted by Gasteiger charge is 2.19. The van der Waals surface area contributed by atoms with Gasteiger partial charge in [-0.05, 0) is 36.8 Å². The normalized spacial score (nSPS) is 13.8. The van der Waals surface area contributed by atoms with Gasteiger partial charge in [-0.25, -0.2) is 14.8 Å². The minimum atomic E-state index is -0.325. The van der Waals surface area contributed by atoms with Crippen molar-refractivity contribution in [2.24, 2.45) is 0 Å². The molecule has 1 saturated heterocycles. The lowest BCUT2D eigenvalue weighted by Crippen LogP contribution is -2.46. The first kappa shape index (κ1) is 18.7. The van der Waals surface area contributed by atoms with Gasteiger partial charge < -0.3 is 15.1 Å². The van der Waals surface area contributed by atoms with E-state index in [0.717, 1.165) is 43.2 Å². The molecular weight excluding hydrogens is 364 g/mol. The van der Waals surface area contributed by atoms with Gasteiger partial charge >= 0.3 is 6.03 Å². The zero-order chi connectivity index (χ0) is 20.1. The van der Waals surface area contributed by atoms with Crippen LogP contribution in [0.5, 0.6) is 0 Å². The van der Waals surface area contributed by atoms with Gasteiger partial charge in [-0.1, -0.05) is 30.3 Å². The summed E-state index contributed by atoms with van der Waals surface area (Å²) in [6.45, 7) is 5.55. The summed E-state index contributed by atoms with van der Waals surface area (Å²) >= 11 is 0. The number of para-hydroxylation sites is 1. The van der Waals surface area contributed by atoms with Gasteiger partial charge in [0.05, 0.1) is 0 Å². The third-order valence-electron chi connectivity index (χ3n) is 4.90. The number of urea groups is 1. The molecule has 2 amide bonds. The summed E-state index contributed by atoms with van der Waals surface area (Å²) in [6, 6.07) is 19.6. The van der Waals surface area contributed by atoms with Crippen LogP contribution in [0.3, 0.4) is 0 Å². The van der Waals surface area contributed by atoms with E-state index in [9.17, 15) is 4.79 Å². The fourth-order valence-corrected chi connectivity index (χ4v) is 3.42. The molecule has 2 aromatic carbocycles. The molecule has 2 N–H and O–H groups in total. The molecule has 2 heterocycles. The molecule has 148 valence electrons. The topological polar surface area (TPSA) is 73.4 Å². The Morgan fingerprint density at radius 2 is 1.62 bits per heavy atom. The van der Waals surface area contributed by atoms with Crippen molar-refractivity contribution in [3.8, 4) is 0 Å². The number of rotatable bonds is 4. The predicted molar refractivity (Wildman–Crippen MR) is 117 cm³/mol. The van der Waals surface area contributed by atoms with E-state index in [2.05, 4.69) is 54.7 Å². The highest BCUT2D eigenvalue weighted by atomic mass is 16.2. The number of amides is 2. The fraction of sp³-hybridized carbons (Fsp3) is 0.227. The first-order valence-electron chi connectivity index (χ1n) is 9.69. The molecule has 1 fully saturated rings. The monoisotopic (exact) mass is 388 g/mol. The number of carbonyl (C=O) groups is 1. The number of aryl methyl sites for hydroxylation is 1. The van der Waals surface area contributed by atoms with Gasteiger partial charge in [-0.3, -0.25) is 5.32 Å². The molecule has 0 aliphatic carbocycles. The number of piperazine rings is 1. The van der Waals surface area contributed by atoms with Crippen LogP contribution < -0.4 is 20.4 Å². The van der Waals surface area contributed by atoms with Crippen molar-refractivity contribution in [3.63, 3.8) is 0 Å². The third-order valence-corrected chi connectivity index (χ3v) is 4.90. The second kappa shape index (κ2) is 8.60. The van der Waals surface area contributed by atoms with Crippen molar-refractivity contribution in [3.05, 3.63) is 72.6 Å². The van der Waals surface area contributed by atoms with E-state index in [1.807, 2.05) is 43.3 Å². The van der Waals surface area contributed by atoms with Crippen molar-refractivity contribution in [1.82, 2.24) is 9.97 Å². The van der Waals surface area contributed by atoms with E-state index in [0.29, 0.717) is 5.82 Å². The number of carbonyl (C=O) groups excluding carboxylic acids is 1. The molecule has 0 spiro atoms. The third kappa shape index (κ3) is 4.82. The Hall–Kier alpha value is -3.61. The van der Waals surface area contributed by atoms with Gasteiger partial charge in [-0.2, -0.15) is 0 Å². The zero-order valence-corrected chi connectivity index (χ0v) is 16.4. The van der Waals surface area contributed by atoms with Crippen molar-refractivity contribution >= 4 is 29.0 Å². The lowest BCUT2D eigenvalue weighted by Gasteiger charge is -2.36. The van der Waals surface area contributed by atoms with Crippen LogP contribution in [0.1, 0.15) is 5.56 Å². The van der Waals surface area contributed by atoms with Crippen molar-refractivity contribution in [2.75, 3.05) is 46.6 Å². The van der Waals surface area contributed by atoms with Crippen LogP contribution in [0.4, 0.5) is 27.8 Å². The number of benzene rings is 2. The molecule has 0 unspecified atom stereocenters. The largest absolute Gasteiger partial charge is 0.368 e. The molecule has 0 saturated carbocycles. The molecule has 0 atom stereocenters. The average molecular weight is 388 g/mol. The maximum Gasteiger partial charge on any atom is 0.324 e. The van der Waals surface area contributed by atoms with Gasteiger partial charge in [-0.15, -0.1) is 0 Å². The molecule has 3 aromatic rings. The lowest BCUT2D eigenvalue weighted by molar-refractivity contribution is 0.262. The van der Waals surface area contributed by atoms with Crippen molar-refractivity contribution in [2.45, 2.75) is 6.92 Å². The summed E-state index contributed by atoms with van der Waals surface area (Å²) in [5.74, 6) is 1.30. The summed E-state index contributed by atoms with van der Waals surface area (Å²) in [5, 5.41) is 5.61. The Morgan fingerprint density at radius 1 is 0.862 bits per heavy atom. The van der Waals surface area contributed by atoms with E-state index in [1.165, 1.54) is 12.0 Å². The first-order chi connectivity index (χ1) is 14.2. The highest BCUT2D eigenvalue weighted by Crippen LogP contribution is 2.20. The maximum absolute atomic E-state index is 12.3. The van der Waals surface area contributed by atoms with Gasteiger partial charge in [0.15, 0.2) is 0 Å². The molecule has 4 rings (SSSR count). The van der Waals surface area contributed by atoms with Crippen molar-refractivity contribution in [1.29, 1.82) is 0 Å². The summed E-state index contributed by atoms with van der Waals surface area (Å²) in [5.41, 5.74) is 3.07. The molecule has 1 aromatic heterocycles. The van der Waals surface area contributed by atoms with Crippen LogP contribution in [-0.2, 0) is 0 Å². The van der Waals surface area contributed by atoms with E-state index in [4.69, 9.17) is 0 Å². The Morgan fingerprint density at radius 3 is 2.38 bits per heavy atom. The summed E-state index contributed by atoms with van der Waals surface area (Å²) < 4.78 is 0. The van der Waals surface area contributed by atoms with Gasteiger partial charge in [0, 0.05) is 43.6 Å². The van der Waals surface area contributed by atoms with Crippen LogP contribution in [0.15, 0.2) is 67.0 Å². The average Bonchev–Trinajstić information content (AvgIpc) is 2.75. The minimum Gasteiger partial charge on any atom is -0.368 e. The van der Waals surface area contributed by atoms with E-state index >= 15 is 0 Å². The van der Waals surface area contributed by atoms with Crippen molar-refractivity contribution < 1.29 is 4.79 Å². The lowest BCUT2D eigenvalue weighted by atomic mass is 10.2. The standard InChI is InChI=1S/C22H24N6O/c1-17-6-5-7-18(14-17)25-22(29)26-20-15-21(24-16-23-20)28-12-10-27(11-13-28)19-8-3-2-4-9-19/h2-9,14-16H,10-13H2,1H3,(H2,23,24,25,26,29). The predicted octanol–water partition coefficient (Wildman–Crippen LogP) is 3.76. The van der Waals surface area contributed by atoms with E-state index < -0.39 is 0 Å². The van der Waals surface area contributed by atoms with Crippen LogP contribution in [0.25, 0.3) is 0 Å². The number of nitrogens with zero attached hydrogens (tertiary/aromatic N) is 4.